The van der Waals surface area contributed by atoms with Crippen LogP contribution >= 0.6 is 0 Å². The van der Waals surface area contributed by atoms with Crippen molar-refractivity contribution in [2.45, 2.75) is 12.8 Å². The van der Waals surface area contributed by atoms with Crippen LogP contribution in [-0.2, 0) is 69.7 Å². The van der Waals surface area contributed by atoms with Crippen molar-refractivity contribution in [1.82, 2.24) is 0 Å². The number of aliphatic hydroxyl groups is 2. The van der Waals surface area contributed by atoms with Gasteiger partial charge in [0.05, 0.1) is 172 Å². The smallest absolute Gasteiger partial charge is 0.0704 e. The van der Waals surface area contributed by atoms with E-state index in [-0.39, 0.29) is 13.2 Å². The van der Waals surface area contributed by atoms with E-state index < -0.39 is 0 Å². The Kier molecular flexibility index (Phi) is 36.5. The number of benzene rings is 2. The molecule has 0 fully saturated rings. The molecule has 58 heavy (non-hydrogen) atoms. The van der Waals surface area contributed by atoms with Crippen molar-refractivity contribution in [1.29, 1.82) is 0 Å². The van der Waals surface area contributed by atoms with Crippen LogP contribution in [0.4, 0.5) is 0 Å². The zero-order valence-corrected chi connectivity index (χ0v) is 34.5. The summed E-state index contributed by atoms with van der Waals surface area (Å²) < 4.78 is 66.6. The van der Waals surface area contributed by atoms with E-state index in [2.05, 4.69) is 60.7 Å². The number of aliphatic hydroxyl groups excluding tert-OH is 2. The van der Waals surface area contributed by atoms with E-state index >= 15 is 0 Å². The molecule has 0 saturated heterocycles. The van der Waals surface area contributed by atoms with Gasteiger partial charge in [-0.3, -0.25) is 0 Å². The van der Waals surface area contributed by atoms with Gasteiger partial charge in [0.2, 0.25) is 0 Å². The van der Waals surface area contributed by atoms with E-state index in [0.717, 1.165) is 12.8 Å². The Balaban J connectivity index is 1.65. The summed E-state index contributed by atoms with van der Waals surface area (Å²) in [5.41, 5.74) is 4.85. The first kappa shape index (κ1) is 51.5. The van der Waals surface area contributed by atoms with Gasteiger partial charge in [0.25, 0.3) is 0 Å². The topological polar surface area (TPSA) is 151 Å². The molecule has 0 radical (unpaired) electrons. The summed E-state index contributed by atoms with van der Waals surface area (Å²) >= 11 is 0. The maximum Gasteiger partial charge on any atom is 0.0704 e. The van der Waals surface area contributed by atoms with Crippen LogP contribution < -0.4 is 0 Å². The molecule has 2 aromatic carbocycles. The summed E-state index contributed by atoms with van der Waals surface area (Å²) in [6.45, 7) is 11.3. The van der Waals surface area contributed by atoms with Crippen LogP contribution in [0, 0.1) is 0 Å². The van der Waals surface area contributed by atoms with Crippen LogP contribution in [0.3, 0.4) is 0 Å². The largest absolute Gasteiger partial charge is 0.394 e. The molecule has 0 aliphatic heterocycles. The van der Waals surface area contributed by atoms with E-state index in [1.165, 1.54) is 22.3 Å². The molecule has 0 amide bonds. The first-order valence-electron chi connectivity index (χ1n) is 20.4. The zero-order chi connectivity index (χ0) is 41.1. The highest BCUT2D eigenvalue weighted by Gasteiger charge is 2.09. The van der Waals surface area contributed by atoms with Crippen LogP contribution in [-0.4, -0.2) is 182 Å². The second-order valence-electron chi connectivity index (χ2n) is 12.6. The van der Waals surface area contributed by atoms with Crippen LogP contribution in [0.5, 0.6) is 0 Å². The molecule has 2 N–H and O–H groups in total. The summed E-state index contributed by atoms with van der Waals surface area (Å²) in [5.74, 6) is 0. The molecule has 0 heterocycles. The Morgan fingerprint density at radius 2 is 0.672 bits per heavy atom. The molecule has 0 atom stereocenters. The molecule has 330 valence electrons. The molecule has 0 aliphatic carbocycles. The van der Waals surface area contributed by atoms with Crippen LogP contribution in [0.2, 0.25) is 0 Å². The van der Waals surface area contributed by atoms with Gasteiger partial charge < -0.3 is 67.1 Å². The van der Waals surface area contributed by atoms with Gasteiger partial charge in [0.15, 0.2) is 0 Å². The molecule has 0 spiro atoms. The summed E-state index contributed by atoms with van der Waals surface area (Å²) in [5, 5.41) is 17.3. The third-order valence-corrected chi connectivity index (χ3v) is 7.95. The molecule has 14 heteroatoms. The van der Waals surface area contributed by atoms with Gasteiger partial charge in [-0.25, -0.2) is 0 Å². The van der Waals surface area contributed by atoms with E-state index in [4.69, 9.17) is 67.1 Å². The third-order valence-electron chi connectivity index (χ3n) is 7.95. The molecule has 0 aromatic heterocycles. The van der Waals surface area contributed by atoms with Gasteiger partial charge in [0.1, 0.15) is 0 Å². The minimum atomic E-state index is 0.0169. The van der Waals surface area contributed by atoms with Crippen molar-refractivity contribution in [3.8, 4) is 0 Å². The van der Waals surface area contributed by atoms with Crippen molar-refractivity contribution in [3.05, 3.63) is 95.1 Å². The van der Waals surface area contributed by atoms with Crippen molar-refractivity contribution < 1.29 is 67.1 Å². The fourth-order valence-electron chi connectivity index (χ4n) is 5.08. The number of hydrogen-bond acceptors (Lipinski definition) is 14. The maximum absolute atomic E-state index is 8.67. The van der Waals surface area contributed by atoms with E-state index in [9.17, 15) is 0 Å². The predicted molar refractivity (Wildman–Crippen MR) is 220 cm³/mol. The lowest BCUT2D eigenvalue weighted by Crippen LogP contribution is -2.14. The number of rotatable bonds is 43. The Morgan fingerprint density at radius 3 is 1.03 bits per heavy atom. The molecule has 0 bridgehead atoms. The van der Waals surface area contributed by atoms with Gasteiger partial charge in [-0.15, -0.1) is 0 Å². The van der Waals surface area contributed by atoms with Crippen molar-refractivity contribution in [2.75, 3.05) is 172 Å². The van der Waals surface area contributed by atoms with Crippen molar-refractivity contribution in [3.63, 3.8) is 0 Å². The predicted octanol–water partition coefficient (Wildman–Crippen LogP) is 3.51. The third kappa shape index (κ3) is 32.2. The number of allylic oxidation sites excluding steroid dienone is 2. The van der Waals surface area contributed by atoms with Crippen LogP contribution in [0.15, 0.2) is 84.0 Å². The number of ether oxygens (including phenoxy) is 12. The quantitative estimate of drug-likeness (QED) is 0.0742. The monoisotopic (exact) mass is 822 g/mol. The first-order valence-corrected chi connectivity index (χ1v) is 20.4. The standard InChI is InChI=1S/C44H70O14/c45-13-16-48-19-22-51-25-28-54-31-30-53-27-24-50-21-18-47-15-7-12-43(38-41-8-3-1-4-9-41)44(39-42-10-5-2-6-11-42)40-58-37-36-57-35-34-56-33-32-55-29-26-52-23-20-49-17-14-46/h1-12,45-46H,13-40H2/b12-7+,44-43-. The number of hydrogen-bond donors (Lipinski definition) is 2. The molecule has 0 unspecified atom stereocenters. The lowest BCUT2D eigenvalue weighted by atomic mass is 9.95. The maximum atomic E-state index is 8.67. The Hall–Kier alpha value is -2.64. The van der Waals surface area contributed by atoms with Gasteiger partial charge >= 0.3 is 0 Å². The summed E-state index contributed by atoms with van der Waals surface area (Å²) in [4.78, 5) is 0. The highest BCUT2D eigenvalue weighted by atomic mass is 16.6. The molecule has 2 rings (SSSR count). The van der Waals surface area contributed by atoms with E-state index in [0.29, 0.717) is 159 Å². The normalized spacial score (nSPS) is 12.2. The molecule has 0 aliphatic rings. The van der Waals surface area contributed by atoms with E-state index in [1.54, 1.807) is 0 Å². The van der Waals surface area contributed by atoms with Crippen LogP contribution in [0.1, 0.15) is 11.1 Å². The molecular formula is C44H70O14. The van der Waals surface area contributed by atoms with Gasteiger partial charge in [-0.2, -0.15) is 0 Å². The fraction of sp³-hybridized carbons (Fsp3) is 0.636. The second kappa shape index (κ2) is 41.1. The minimum absolute atomic E-state index is 0.0169. The zero-order valence-electron chi connectivity index (χ0n) is 34.5. The summed E-state index contributed by atoms with van der Waals surface area (Å²) in [6, 6.07) is 20.9. The Labute approximate surface area is 346 Å². The van der Waals surface area contributed by atoms with E-state index in [1.807, 2.05) is 12.1 Å². The SMILES string of the molecule is OCCOCCOCCOCCOCCOCCOC/C=C/C(Cc1ccccc1)=C(/COCCOCCOCCOCCOCCOCCO)Cc1ccccc1. The fourth-order valence-corrected chi connectivity index (χ4v) is 5.08. The lowest BCUT2D eigenvalue weighted by molar-refractivity contribution is -0.0174. The Morgan fingerprint density at radius 1 is 0.362 bits per heavy atom. The minimum Gasteiger partial charge on any atom is -0.394 e. The summed E-state index contributed by atoms with van der Waals surface area (Å²) in [7, 11) is 0. The van der Waals surface area contributed by atoms with Gasteiger partial charge in [-0.1, -0.05) is 72.8 Å². The van der Waals surface area contributed by atoms with Gasteiger partial charge in [0, 0.05) is 0 Å². The molecule has 14 nitrogen and oxygen atoms in total. The lowest BCUT2D eigenvalue weighted by Gasteiger charge is -2.15. The Bertz CT molecular complexity index is 1200. The highest BCUT2D eigenvalue weighted by molar-refractivity contribution is 5.36. The summed E-state index contributed by atoms with van der Waals surface area (Å²) in [6.07, 6.45) is 5.76. The molecule has 2 aromatic rings. The molecular weight excluding hydrogens is 752 g/mol. The first-order chi connectivity index (χ1) is 28.8. The van der Waals surface area contributed by atoms with Gasteiger partial charge in [-0.05, 0) is 35.1 Å². The average Bonchev–Trinajstić information content (AvgIpc) is 3.25. The van der Waals surface area contributed by atoms with Crippen molar-refractivity contribution >= 4 is 0 Å². The highest BCUT2D eigenvalue weighted by Crippen LogP contribution is 2.19. The second-order valence-corrected chi connectivity index (χ2v) is 12.6. The average molecular weight is 823 g/mol. The van der Waals surface area contributed by atoms with Crippen LogP contribution in [0.25, 0.3) is 0 Å². The van der Waals surface area contributed by atoms with Crippen molar-refractivity contribution in [2.24, 2.45) is 0 Å². The molecule has 0 saturated carbocycles.